The van der Waals surface area contributed by atoms with E-state index in [1.165, 1.54) is 0 Å². The third-order valence-corrected chi connectivity index (χ3v) is 4.30. The summed E-state index contributed by atoms with van der Waals surface area (Å²) >= 11 is 3.37. The van der Waals surface area contributed by atoms with Gasteiger partial charge in [-0.05, 0) is 40.5 Å². The van der Waals surface area contributed by atoms with Crippen LogP contribution in [0.15, 0.2) is 22.7 Å². The maximum atomic E-state index is 9.67. The molecule has 2 N–H and O–H groups in total. The Hall–Kier alpha value is -1.05. The van der Waals surface area contributed by atoms with Crippen LogP contribution < -0.4 is 5.32 Å². The normalized spacial score (nSPS) is 25.8. The number of hydrogen-bond acceptors (Lipinski definition) is 3. The summed E-state index contributed by atoms with van der Waals surface area (Å²) in [5.74, 6) is 0. The van der Waals surface area contributed by atoms with Gasteiger partial charge in [-0.2, -0.15) is 5.26 Å². The van der Waals surface area contributed by atoms with E-state index in [9.17, 15) is 5.11 Å². The lowest BCUT2D eigenvalue weighted by Crippen LogP contribution is -2.56. The topological polar surface area (TPSA) is 56.0 Å². The molecule has 1 aromatic carbocycles. The van der Waals surface area contributed by atoms with Crippen LogP contribution in [-0.2, 0) is 0 Å². The van der Waals surface area contributed by atoms with Crippen LogP contribution in [0, 0.1) is 16.7 Å². The Bertz CT molecular complexity index is 479. The lowest BCUT2D eigenvalue weighted by atomic mass is 9.64. The second kappa shape index (κ2) is 4.32. The van der Waals surface area contributed by atoms with Gasteiger partial charge in [-0.1, -0.05) is 13.8 Å². The first kappa shape index (κ1) is 12.4. The fourth-order valence-electron chi connectivity index (χ4n) is 2.04. The zero-order valence-corrected chi connectivity index (χ0v) is 11.5. The quantitative estimate of drug-likeness (QED) is 0.882. The van der Waals surface area contributed by atoms with Crippen LogP contribution in [0.5, 0.6) is 0 Å². The molecule has 0 radical (unpaired) electrons. The number of nitriles is 1. The number of halogens is 1. The number of anilines is 1. The first-order valence-electron chi connectivity index (χ1n) is 5.59. The minimum absolute atomic E-state index is 0.0968. The van der Waals surface area contributed by atoms with E-state index in [1.54, 1.807) is 6.07 Å². The molecule has 17 heavy (non-hydrogen) atoms. The monoisotopic (exact) mass is 294 g/mol. The van der Waals surface area contributed by atoms with Gasteiger partial charge in [0.1, 0.15) is 6.07 Å². The molecular weight excluding hydrogens is 280 g/mol. The molecule has 0 aliphatic heterocycles. The van der Waals surface area contributed by atoms with Gasteiger partial charge in [0.25, 0.3) is 0 Å². The van der Waals surface area contributed by atoms with E-state index < -0.39 is 0 Å². The smallest absolute Gasteiger partial charge is 0.100 e. The van der Waals surface area contributed by atoms with Crippen molar-refractivity contribution in [1.82, 2.24) is 0 Å². The Labute approximate surface area is 110 Å². The summed E-state index contributed by atoms with van der Waals surface area (Å²) < 4.78 is 0.794. The van der Waals surface area contributed by atoms with Gasteiger partial charge in [0.05, 0.1) is 11.7 Å². The zero-order valence-electron chi connectivity index (χ0n) is 9.87. The summed E-state index contributed by atoms with van der Waals surface area (Å²) in [6.45, 7) is 4.11. The molecule has 90 valence electrons. The minimum Gasteiger partial charge on any atom is -0.392 e. The zero-order chi connectivity index (χ0) is 12.6. The van der Waals surface area contributed by atoms with Crippen molar-refractivity contribution in [1.29, 1.82) is 5.26 Å². The van der Waals surface area contributed by atoms with Gasteiger partial charge in [-0.25, -0.2) is 0 Å². The number of benzene rings is 1. The second-order valence-electron chi connectivity index (χ2n) is 5.08. The van der Waals surface area contributed by atoms with Crippen LogP contribution in [0.3, 0.4) is 0 Å². The molecule has 1 saturated carbocycles. The number of rotatable bonds is 2. The predicted molar refractivity (Wildman–Crippen MR) is 70.7 cm³/mol. The molecule has 0 saturated heterocycles. The summed E-state index contributed by atoms with van der Waals surface area (Å²) in [5, 5.41) is 21.9. The molecule has 2 unspecified atom stereocenters. The Morgan fingerprint density at radius 3 is 2.71 bits per heavy atom. The number of aliphatic hydroxyl groups excluding tert-OH is 1. The molecule has 0 bridgehead atoms. The van der Waals surface area contributed by atoms with Gasteiger partial charge < -0.3 is 10.4 Å². The summed E-state index contributed by atoms with van der Waals surface area (Å²) in [4.78, 5) is 0. The van der Waals surface area contributed by atoms with Gasteiger partial charge in [0.15, 0.2) is 0 Å². The van der Waals surface area contributed by atoms with Crippen molar-refractivity contribution >= 4 is 21.6 Å². The largest absolute Gasteiger partial charge is 0.392 e. The molecule has 0 heterocycles. The molecule has 1 aliphatic carbocycles. The lowest BCUT2D eigenvalue weighted by Gasteiger charge is -2.49. The Balaban J connectivity index is 2.11. The molecular formula is C13H15BrN2O. The molecule has 1 fully saturated rings. The highest BCUT2D eigenvalue weighted by atomic mass is 79.9. The van der Waals surface area contributed by atoms with Crippen molar-refractivity contribution in [3.8, 4) is 6.07 Å². The number of aliphatic hydroxyl groups is 1. The number of hydrogen-bond donors (Lipinski definition) is 2. The summed E-state index contributed by atoms with van der Waals surface area (Å²) in [6, 6.07) is 7.97. The van der Waals surface area contributed by atoms with E-state index >= 15 is 0 Å². The van der Waals surface area contributed by atoms with Crippen molar-refractivity contribution in [3.05, 3.63) is 28.2 Å². The highest BCUT2D eigenvalue weighted by Gasteiger charge is 2.47. The average molecular weight is 295 g/mol. The van der Waals surface area contributed by atoms with Gasteiger partial charge in [0, 0.05) is 21.6 Å². The maximum absolute atomic E-state index is 9.67. The third kappa shape index (κ3) is 2.18. The van der Waals surface area contributed by atoms with Crippen molar-refractivity contribution < 1.29 is 5.11 Å². The van der Waals surface area contributed by atoms with E-state index in [-0.39, 0.29) is 17.6 Å². The molecule has 1 aliphatic rings. The molecule has 1 aromatic rings. The average Bonchev–Trinajstić information content (AvgIpc) is 2.29. The Morgan fingerprint density at radius 1 is 1.53 bits per heavy atom. The summed E-state index contributed by atoms with van der Waals surface area (Å²) in [6.07, 6.45) is 0.534. The van der Waals surface area contributed by atoms with Crippen LogP contribution in [-0.4, -0.2) is 17.3 Å². The van der Waals surface area contributed by atoms with E-state index in [0.717, 1.165) is 16.6 Å². The molecule has 2 rings (SSSR count). The molecule has 2 atom stereocenters. The molecule has 3 nitrogen and oxygen atoms in total. The second-order valence-corrected chi connectivity index (χ2v) is 5.93. The van der Waals surface area contributed by atoms with Gasteiger partial charge >= 0.3 is 0 Å². The molecule has 0 spiro atoms. The van der Waals surface area contributed by atoms with E-state index in [1.807, 2.05) is 12.1 Å². The SMILES string of the molecule is CC1(C)C(O)CC1Nc1ccc(C#N)c(Br)c1. The van der Waals surface area contributed by atoms with Gasteiger partial charge in [0.2, 0.25) is 0 Å². The highest BCUT2D eigenvalue weighted by molar-refractivity contribution is 9.10. The van der Waals surface area contributed by atoms with Gasteiger partial charge in [-0.15, -0.1) is 0 Å². The van der Waals surface area contributed by atoms with Crippen molar-refractivity contribution in [2.24, 2.45) is 5.41 Å². The Morgan fingerprint density at radius 2 is 2.24 bits per heavy atom. The van der Waals surface area contributed by atoms with E-state index in [4.69, 9.17) is 5.26 Å². The van der Waals surface area contributed by atoms with Crippen LogP contribution >= 0.6 is 15.9 Å². The van der Waals surface area contributed by atoms with Crippen molar-refractivity contribution in [2.45, 2.75) is 32.4 Å². The van der Waals surface area contributed by atoms with Crippen molar-refractivity contribution in [2.75, 3.05) is 5.32 Å². The first-order chi connectivity index (χ1) is 7.95. The molecule has 0 amide bonds. The maximum Gasteiger partial charge on any atom is 0.100 e. The fourth-order valence-corrected chi connectivity index (χ4v) is 2.51. The number of nitrogens with zero attached hydrogens (tertiary/aromatic N) is 1. The third-order valence-electron chi connectivity index (χ3n) is 3.65. The number of nitrogens with one attached hydrogen (secondary N) is 1. The predicted octanol–water partition coefficient (Wildman–Crippen LogP) is 2.89. The van der Waals surface area contributed by atoms with E-state index in [0.29, 0.717) is 5.56 Å². The minimum atomic E-state index is -0.234. The first-order valence-corrected chi connectivity index (χ1v) is 6.38. The summed E-state index contributed by atoms with van der Waals surface area (Å²) in [5.41, 5.74) is 1.50. The van der Waals surface area contributed by atoms with Gasteiger partial charge in [-0.3, -0.25) is 0 Å². The molecule has 0 aromatic heterocycles. The van der Waals surface area contributed by atoms with Crippen LogP contribution in [0.25, 0.3) is 0 Å². The van der Waals surface area contributed by atoms with E-state index in [2.05, 4.69) is 41.2 Å². The standard InChI is InChI=1S/C13H15BrN2O/c1-13(2)11(6-12(13)17)16-9-4-3-8(7-15)10(14)5-9/h3-5,11-12,16-17H,6H2,1-2H3. The highest BCUT2D eigenvalue weighted by Crippen LogP contribution is 2.42. The molecule has 4 heteroatoms. The van der Waals surface area contributed by atoms with Crippen molar-refractivity contribution in [3.63, 3.8) is 0 Å². The van der Waals surface area contributed by atoms with Crippen LogP contribution in [0.2, 0.25) is 0 Å². The summed E-state index contributed by atoms with van der Waals surface area (Å²) in [7, 11) is 0. The van der Waals surface area contributed by atoms with Crippen LogP contribution in [0.4, 0.5) is 5.69 Å². The lowest BCUT2D eigenvalue weighted by molar-refractivity contribution is -0.0510. The fraction of sp³-hybridized carbons (Fsp3) is 0.462. The van der Waals surface area contributed by atoms with Crippen LogP contribution in [0.1, 0.15) is 25.8 Å². The Kier molecular flexibility index (Phi) is 3.15.